The lowest BCUT2D eigenvalue weighted by atomic mass is 10.2. The van der Waals surface area contributed by atoms with Gasteiger partial charge in [-0.1, -0.05) is 6.07 Å². The third-order valence-electron chi connectivity index (χ3n) is 3.29. The molecule has 6 nitrogen and oxygen atoms in total. The highest BCUT2D eigenvalue weighted by atomic mass is 32.2. The van der Waals surface area contributed by atoms with E-state index in [1.165, 1.54) is 25.3 Å². The molecule has 1 N–H and O–H groups in total. The Bertz CT molecular complexity index is 868. The fourth-order valence-corrected chi connectivity index (χ4v) is 3.26. The number of carbonyl (C=O) groups is 1. The van der Waals surface area contributed by atoms with Gasteiger partial charge in [-0.05, 0) is 42.5 Å². The van der Waals surface area contributed by atoms with Gasteiger partial charge in [0.1, 0.15) is 5.75 Å². The number of sulfone groups is 1. The van der Waals surface area contributed by atoms with Gasteiger partial charge < -0.3 is 10.1 Å². The Balaban J connectivity index is 1.98. The summed E-state index contributed by atoms with van der Waals surface area (Å²) in [6.45, 7) is 0. The predicted octanol–water partition coefficient (Wildman–Crippen LogP) is 2.37. The molecule has 1 amide bonds. The van der Waals surface area contributed by atoms with E-state index in [1.807, 2.05) is 6.07 Å². The third kappa shape index (κ3) is 4.57. The van der Waals surface area contributed by atoms with Crippen molar-refractivity contribution in [2.45, 2.75) is 11.3 Å². The number of methoxy groups -OCH3 is 1. The van der Waals surface area contributed by atoms with E-state index in [0.29, 0.717) is 17.0 Å². The van der Waals surface area contributed by atoms with E-state index in [0.717, 1.165) is 0 Å². The van der Waals surface area contributed by atoms with Gasteiger partial charge in [0.05, 0.1) is 29.4 Å². The fourth-order valence-electron chi connectivity index (χ4n) is 2.02. The molecule has 2 aromatic rings. The first kappa shape index (κ1) is 17.5. The average Bonchev–Trinajstić information content (AvgIpc) is 2.60. The Morgan fingerprint density at radius 2 is 1.92 bits per heavy atom. The topological polar surface area (TPSA) is 96.3 Å². The van der Waals surface area contributed by atoms with Crippen molar-refractivity contribution in [3.63, 3.8) is 0 Å². The molecule has 0 unspecified atom stereocenters. The van der Waals surface area contributed by atoms with Gasteiger partial charge in [-0.15, -0.1) is 0 Å². The quantitative estimate of drug-likeness (QED) is 0.868. The van der Waals surface area contributed by atoms with Gasteiger partial charge >= 0.3 is 0 Å². The second kappa shape index (κ2) is 7.62. The van der Waals surface area contributed by atoms with E-state index in [-0.39, 0.29) is 17.1 Å². The number of nitriles is 1. The zero-order valence-electron chi connectivity index (χ0n) is 13.0. The molecule has 0 aliphatic carbocycles. The predicted molar refractivity (Wildman–Crippen MR) is 89.5 cm³/mol. The van der Waals surface area contributed by atoms with Gasteiger partial charge in [-0.2, -0.15) is 5.26 Å². The fraction of sp³-hybridized carbons (Fsp3) is 0.176. The lowest BCUT2D eigenvalue weighted by Gasteiger charge is -2.07. The number of carbonyl (C=O) groups excluding carboxylic acids is 1. The largest absolute Gasteiger partial charge is 0.497 e. The third-order valence-corrected chi connectivity index (χ3v) is 5.02. The zero-order valence-corrected chi connectivity index (χ0v) is 13.8. The van der Waals surface area contributed by atoms with Crippen LogP contribution in [0.25, 0.3) is 0 Å². The van der Waals surface area contributed by atoms with E-state index in [4.69, 9.17) is 10.00 Å². The normalized spacial score (nSPS) is 10.7. The summed E-state index contributed by atoms with van der Waals surface area (Å²) in [6.07, 6.45) is -0.175. The van der Waals surface area contributed by atoms with Crippen molar-refractivity contribution in [2.75, 3.05) is 18.2 Å². The summed E-state index contributed by atoms with van der Waals surface area (Å²) >= 11 is 0. The van der Waals surface area contributed by atoms with E-state index < -0.39 is 15.7 Å². The highest BCUT2D eigenvalue weighted by molar-refractivity contribution is 7.91. The molecule has 0 heterocycles. The number of rotatable bonds is 6. The lowest BCUT2D eigenvalue weighted by Crippen LogP contribution is -2.17. The number of nitrogens with one attached hydrogen (secondary N) is 1. The van der Waals surface area contributed by atoms with Gasteiger partial charge in [-0.3, -0.25) is 4.79 Å². The summed E-state index contributed by atoms with van der Waals surface area (Å²) in [6, 6.07) is 14.4. The average molecular weight is 344 g/mol. The number of hydrogen-bond donors (Lipinski definition) is 1. The summed E-state index contributed by atoms with van der Waals surface area (Å²) in [7, 11) is -2.06. The molecule has 124 valence electrons. The minimum atomic E-state index is -3.55. The van der Waals surface area contributed by atoms with Crippen molar-refractivity contribution < 1.29 is 17.9 Å². The molecule has 2 aromatic carbocycles. The molecule has 0 spiro atoms. The molecule has 0 fully saturated rings. The summed E-state index contributed by atoms with van der Waals surface area (Å²) in [5, 5.41) is 11.4. The van der Waals surface area contributed by atoms with Crippen LogP contribution >= 0.6 is 0 Å². The van der Waals surface area contributed by atoms with Crippen LogP contribution in [-0.2, 0) is 14.6 Å². The molecule has 0 saturated carbocycles. The first-order valence-electron chi connectivity index (χ1n) is 7.11. The van der Waals surface area contributed by atoms with Crippen LogP contribution in [0, 0.1) is 11.3 Å². The summed E-state index contributed by atoms with van der Waals surface area (Å²) in [5.41, 5.74) is 0.875. The highest BCUT2D eigenvalue weighted by Crippen LogP contribution is 2.17. The monoisotopic (exact) mass is 344 g/mol. The molecular weight excluding hydrogens is 328 g/mol. The second-order valence-corrected chi connectivity index (χ2v) is 7.09. The number of amides is 1. The molecule has 0 aliphatic heterocycles. The molecular formula is C17H16N2O4S. The van der Waals surface area contributed by atoms with Crippen molar-refractivity contribution in [3.8, 4) is 11.8 Å². The van der Waals surface area contributed by atoms with Crippen LogP contribution in [0.15, 0.2) is 53.4 Å². The molecule has 0 saturated heterocycles. The summed E-state index contributed by atoms with van der Waals surface area (Å²) in [4.78, 5) is 12.1. The number of nitrogens with zero attached hydrogens (tertiary/aromatic N) is 1. The van der Waals surface area contributed by atoms with Gasteiger partial charge in [-0.25, -0.2) is 8.42 Å². The van der Waals surface area contributed by atoms with Crippen LogP contribution < -0.4 is 10.1 Å². The van der Waals surface area contributed by atoms with Gasteiger partial charge in [0.25, 0.3) is 0 Å². The first-order chi connectivity index (χ1) is 11.4. The standard InChI is InChI=1S/C17H16N2O4S/c1-23-15-5-7-16(8-6-15)24(21,22)10-9-17(20)19-14-4-2-3-13(11-14)12-18/h2-8,11H,9-10H2,1H3,(H,19,20). The summed E-state index contributed by atoms with van der Waals surface area (Å²) in [5.74, 6) is -0.172. The van der Waals surface area contributed by atoms with Crippen LogP contribution in [-0.4, -0.2) is 27.2 Å². The van der Waals surface area contributed by atoms with Crippen molar-refractivity contribution in [2.24, 2.45) is 0 Å². The van der Waals surface area contributed by atoms with Crippen LogP contribution in [0.1, 0.15) is 12.0 Å². The maximum absolute atomic E-state index is 12.2. The number of hydrogen-bond acceptors (Lipinski definition) is 5. The number of ether oxygens (including phenoxy) is 1. The van der Waals surface area contributed by atoms with Crippen molar-refractivity contribution in [3.05, 3.63) is 54.1 Å². The molecule has 0 aliphatic rings. The first-order valence-corrected chi connectivity index (χ1v) is 8.76. The highest BCUT2D eigenvalue weighted by Gasteiger charge is 2.16. The Labute approximate surface area is 140 Å². The molecule has 7 heteroatoms. The molecule has 0 radical (unpaired) electrons. The van der Waals surface area contributed by atoms with Crippen LogP contribution in [0.4, 0.5) is 5.69 Å². The van der Waals surface area contributed by atoms with Crippen LogP contribution in [0.5, 0.6) is 5.75 Å². The van der Waals surface area contributed by atoms with Gasteiger partial charge in [0, 0.05) is 12.1 Å². The van der Waals surface area contributed by atoms with Crippen LogP contribution in [0.2, 0.25) is 0 Å². The van der Waals surface area contributed by atoms with E-state index in [9.17, 15) is 13.2 Å². The maximum Gasteiger partial charge on any atom is 0.225 e. The molecule has 24 heavy (non-hydrogen) atoms. The Kier molecular flexibility index (Phi) is 5.55. The van der Waals surface area contributed by atoms with Gasteiger partial charge in [0.2, 0.25) is 5.91 Å². The van der Waals surface area contributed by atoms with Crippen molar-refractivity contribution >= 4 is 21.4 Å². The molecule has 2 rings (SSSR count). The minimum Gasteiger partial charge on any atom is -0.497 e. The van der Waals surface area contributed by atoms with E-state index in [2.05, 4.69) is 5.32 Å². The van der Waals surface area contributed by atoms with Gasteiger partial charge in [0.15, 0.2) is 9.84 Å². The van der Waals surface area contributed by atoms with E-state index in [1.54, 1.807) is 30.3 Å². The molecule has 0 aromatic heterocycles. The second-order valence-electron chi connectivity index (χ2n) is 4.99. The SMILES string of the molecule is COc1ccc(S(=O)(=O)CCC(=O)Nc2cccc(C#N)c2)cc1. The van der Waals surface area contributed by atoms with Crippen LogP contribution in [0.3, 0.4) is 0 Å². The number of anilines is 1. The van der Waals surface area contributed by atoms with Crippen molar-refractivity contribution in [1.29, 1.82) is 5.26 Å². The summed E-state index contributed by atoms with van der Waals surface area (Å²) < 4.78 is 29.4. The molecule has 0 atom stereocenters. The smallest absolute Gasteiger partial charge is 0.225 e. The number of benzene rings is 2. The Morgan fingerprint density at radius 3 is 2.54 bits per heavy atom. The lowest BCUT2D eigenvalue weighted by molar-refractivity contribution is -0.115. The minimum absolute atomic E-state index is 0.141. The zero-order chi connectivity index (χ0) is 17.6. The maximum atomic E-state index is 12.2. The Hall–Kier alpha value is -2.85. The Morgan fingerprint density at radius 1 is 1.21 bits per heavy atom. The van der Waals surface area contributed by atoms with Crippen molar-refractivity contribution in [1.82, 2.24) is 0 Å². The molecule has 0 bridgehead atoms. The van der Waals surface area contributed by atoms with E-state index >= 15 is 0 Å².